The van der Waals surface area contributed by atoms with Gasteiger partial charge in [0.25, 0.3) is 0 Å². The molecule has 0 saturated heterocycles. The summed E-state index contributed by atoms with van der Waals surface area (Å²) < 4.78 is 5.82. The summed E-state index contributed by atoms with van der Waals surface area (Å²) in [4.78, 5) is 0. The van der Waals surface area contributed by atoms with E-state index in [1.165, 1.54) is 0 Å². The maximum atomic E-state index is 5.82. The zero-order valence-electron chi connectivity index (χ0n) is 9.27. The highest BCUT2D eigenvalue weighted by atomic mass is 16.5. The van der Waals surface area contributed by atoms with Crippen molar-refractivity contribution in [2.24, 2.45) is 0 Å². The van der Waals surface area contributed by atoms with Gasteiger partial charge in [-0.1, -0.05) is 6.92 Å². The minimum Gasteiger partial charge on any atom is -0.371 e. The molecule has 0 aromatic heterocycles. The summed E-state index contributed by atoms with van der Waals surface area (Å²) >= 11 is 0. The third-order valence-corrected chi connectivity index (χ3v) is 1.92. The van der Waals surface area contributed by atoms with E-state index in [0.29, 0.717) is 6.04 Å². The van der Waals surface area contributed by atoms with Gasteiger partial charge in [-0.25, -0.2) is 0 Å². The first-order valence-corrected chi connectivity index (χ1v) is 4.75. The second-order valence-electron chi connectivity index (χ2n) is 4.24. The van der Waals surface area contributed by atoms with Crippen molar-refractivity contribution in [3.05, 3.63) is 0 Å². The molecular formula is C10H23NO. The van der Waals surface area contributed by atoms with Crippen LogP contribution in [0.1, 0.15) is 41.0 Å². The van der Waals surface area contributed by atoms with Gasteiger partial charge in [-0.3, -0.25) is 0 Å². The molecule has 12 heavy (non-hydrogen) atoms. The van der Waals surface area contributed by atoms with Crippen molar-refractivity contribution in [2.45, 2.75) is 58.8 Å². The van der Waals surface area contributed by atoms with Crippen LogP contribution in [-0.4, -0.2) is 24.8 Å². The molecule has 2 heteroatoms. The lowest BCUT2D eigenvalue weighted by atomic mass is 10.1. The quantitative estimate of drug-likeness (QED) is 0.703. The molecule has 0 spiro atoms. The molecule has 0 aliphatic heterocycles. The topological polar surface area (TPSA) is 21.3 Å². The maximum Gasteiger partial charge on any atom is 0.0706 e. The van der Waals surface area contributed by atoms with Crippen LogP contribution in [0.25, 0.3) is 0 Å². The minimum absolute atomic E-state index is 0.0380. The Morgan fingerprint density at radius 1 is 1.33 bits per heavy atom. The first-order chi connectivity index (χ1) is 5.40. The average molecular weight is 173 g/mol. The summed E-state index contributed by atoms with van der Waals surface area (Å²) in [6, 6.07) is 0.462. The molecule has 0 fully saturated rings. The Bertz CT molecular complexity index is 113. The van der Waals surface area contributed by atoms with Gasteiger partial charge in [-0.05, 0) is 41.2 Å². The van der Waals surface area contributed by atoms with Gasteiger partial charge in [0.15, 0.2) is 0 Å². The van der Waals surface area contributed by atoms with Crippen LogP contribution in [0.4, 0.5) is 0 Å². The largest absolute Gasteiger partial charge is 0.371 e. The first kappa shape index (κ1) is 11.9. The van der Waals surface area contributed by atoms with Crippen molar-refractivity contribution < 1.29 is 4.74 Å². The Morgan fingerprint density at radius 2 is 1.83 bits per heavy atom. The minimum atomic E-state index is -0.0380. The third kappa shape index (κ3) is 4.73. The summed E-state index contributed by atoms with van der Waals surface area (Å²) in [6.45, 7) is 10.6. The van der Waals surface area contributed by atoms with Gasteiger partial charge in [-0.2, -0.15) is 0 Å². The zero-order valence-corrected chi connectivity index (χ0v) is 9.27. The van der Waals surface area contributed by atoms with E-state index in [0.717, 1.165) is 6.42 Å². The number of nitrogens with one attached hydrogen (secondary N) is 1. The number of hydrogen-bond donors (Lipinski definition) is 1. The Balaban J connectivity index is 3.92. The highest BCUT2D eigenvalue weighted by molar-refractivity contribution is 4.73. The van der Waals surface area contributed by atoms with Crippen molar-refractivity contribution in [3.63, 3.8) is 0 Å². The summed E-state index contributed by atoms with van der Waals surface area (Å²) in [7, 11) is 1.98. The molecule has 0 rings (SSSR count). The van der Waals surface area contributed by atoms with E-state index < -0.39 is 0 Å². The Kier molecular flexibility index (Phi) is 4.80. The van der Waals surface area contributed by atoms with Crippen molar-refractivity contribution in [2.75, 3.05) is 7.05 Å². The molecule has 2 atom stereocenters. The average Bonchev–Trinajstić information content (AvgIpc) is 1.85. The van der Waals surface area contributed by atoms with E-state index in [-0.39, 0.29) is 11.7 Å². The fourth-order valence-corrected chi connectivity index (χ4v) is 1.41. The van der Waals surface area contributed by atoms with Gasteiger partial charge in [0, 0.05) is 6.04 Å². The lowest BCUT2D eigenvalue weighted by molar-refractivity contribution is -0.0657. The Labute approximate surface area is 76.7 Å². The number of hydrogen-bond acceptors (Lipinski definition) is 2. The zero-order chi connectivity index (χ0) is 9.78. The Hall–Kier alpha value is -0.0800. The fraction of sp³-hybridized carbons (Fsp3) is 1.00. The van der Waals surface area contributed by atoms with Crippen LogP contribution in [-0.2, 0) is 4.74 Å². The van der Waals surface area contributed by atoms with Crippen molar-refractivity contribution in [1.29, 1.82) is 0 Å². The molecule has 0 saturated carbocycles. The highest BCUT2D eigenvalue weighted by Gasteiger charge is 2.20. The van der Waals surface area contributed by atoms with E-state index >= 15 is 0 Å². The predicted octanol–water partition coefficient (Wildman–Crippen LogP) is 2.19. The van der Waals surface area contributed by atoms with E-state index in [2.05, 4.69) is 39.9 Å². The van der Waals surface area contributed by atoms with Crippen LogP contribution in [0.5, 0.6) is 0 Å². The van der Waals surface area contributed by atoms with Crippen molar-refractivity contribution in [3.8, 4) is 0 Å². The molecule has 0 aromatic rings. The highest BCUT2D eigenvalue weighted by Crippen LogP contribution is 2.13. The van der Waals surface area contributed by atoms with Gasteiger partial charge in [0.2, 0.25) is 0 Å². The number of likely N-dealkylation sites (N-methyl/N-ethyl adjacent to an activating group) is 1. The molecule has 0 bridgehead atoms. The summed E-state index contributed by atoms with van der Waals surface area (Å²) in [5, 5.41) is 3.25. The van der Waals surface area contributed by atoms with E-state index in [1.807, 2.05) is 7.05 Å². The maximum absolute atomic E-state index is 5.82. The molecule has 1 N–H and O–H groups in total. The van der Waals surface area contributed by atoms with Gasteiger partial charge in [0.05, 0.1) is 11.7 Å². The lowest BCUT2D eigenvalue weighted by Crippen LogP contribution is -2.40. The molecule has 0 amide bonds. The van der Waals surface area contributed by atoms with Crippen LogP contribution in [0, 0.1) is 0 Å². The van der Waals surface area contributed by atoms with Crippen LogP contribution >= 0.6 is 0 Å². The van der Waals surface area contributed by atoms with E-state index in [1.54, 1.807) is 0 Å². The molecule has 0 aromatic carbocycles. The fourth-order valence-electron chi connectivity index (χ4n) is 1.41. The third-order valence-electron chi connectivity index (χ3n) is 1.92. The second-order valence-corrected chi connectivity index (χ2v) is 4.24. The number of ether oxygens (including phenoxy) is 1. The molecule has 0 radical (unpaired) electrons. The van der Waals surface area contributed by atoms with Crippen molar-refractivity contribution >= 4 is 0 Å². The standard InChI is InChI=1S/C10H23NO/c1-7-9(11-6)8(2)12-10(3,4)5/h8-9,11H,7H2,1-6H3. The molecular weight excluding hydrogens is 150 g/mol. The first-order valence-electron chi connectivity index (χ1n) is 4.75. The van der Waals surface area contributed by atoms with E-state index in [4.69, 9.17) is 4.74 Å². The van der Waals surface area contributed by atoms with Crippen LogP contribution < -0.4 is 5.32 Å². The molecule has 0 heterocycles. The normalized spacial score (nSPS) is 17.5. The summed E-state index contributed by atoms with van der Waals surface area (Å²) in [5.41, 5.74) is -0.0380. The molecule has 2 unspecified atom stereocenters. The second kappa shape index (κ2) is 4.83. The van der Waals surface area contributed by atoms with Crippen LogP contribution in [0.15, 0.2) is 0 Å². The van der Waals surface area contributed by atoms with Gasteiger partial charge in [0.1, 0.15) is 0 Å². The van der Waals surface area contributed by atoms with Gasteiger partial charge in [-0.15, -0.1) is 0 Å². The summed E-state index contributed by atoms with van der Waals surface area (Å²) in [6.07, 6.45) is 1.38. The predicted molar refractivity (Wildman–Crippen MR) is 53.4 cm³/mol. The monoisotopic (exact) mass is 173 g/mol. The molecule has 74 valence electrons. The number of rotatable bonds is 4. The lowest BCUT2D eigenvalue weighted by Gasteiger charge is -2.30. The van der Waals surface area contributed by atoms with Gasteiger partial charge >= 0.3 is 0 Å². The molecule has 0 aliphatic carbocycles. The molecule has 0 aliphatic rings. The Morgan fingerprint density at radius 3 is 2.08 bits per heavy atom. The smallest absolute Gasteiger partial charge is 0.0706 e. The van der Waals surface area contributed by atoms with Crippen LogP contribution in [0.3, 0.4) is 0 Å². The van der Waals surface area contributed by atoms with Crippen molar-refractivity contribution in [1.82, 2.24) is 5.32 Å². The summed E-state index contributed by atoms with van der Waals surface area (Å²) in [5.74, 6) is 0. The van der Waals surface area contributed by atoms with Crippen LogP contribution in [0.2, 0.25) is 0 Å². The van der Waals surface area contributed by atoms with E-state index in [9.17, 15) is 0 Å². The SMILES string of the molecule is CCC(NC)C(C)OC(C)(C)C. The van der Waals surface area contributed by atoms with Gasteiger partial charge < -0.3 is 10.1 Å². The molecule has 2 nitrogen and oxygen atoms in total.